The van der Waals surface area contributed by atoms with Crippen molar-refractivity contribution in [2.45, 2.75) is 0 Å². The van der Waals surface area contributed by atoms with Crippen molar-refractivity contribution >= 4 is 17.5 Å². The van der Waals surface area contributed by atoms with Crippen LogP contribution in [0.1, 0.15) is 5.56 Å². The second-order valence-electron chi connectivity index (χ2n) is 2.53. The molecule has 5 nitrogen and oxygen atoms in total. The lowest BCUT2D eigenvalue weighted by Gasteiger charge is -1.98. The van der Waals surface area contributed by atoms with Gasteiger partial charge in [0.2, 0.25) is 0 Å². The van der Waals surface area contributed by atoms with Crippen LogP contribution in [0.15, 0.2) is 24.3 Å². The maximum atomic E-state index is 10.4. The Hall–Kier alpha value is -2.35. The van der Waals surface area contributed by atoms with E-state index in [9.17, 15) is 10.1 Å². The summed E-state index contributed by atoms with van der Waals surface area (Å²) in [5.74, 6) is 0. The zero-order chi connectivity index (χ0) is 10.6. The lowest BCUT2D eigenvalue weighted by Crippen LogP contribution is -1.92. The number of hydrogen-bond acceptors (Lipinski definition) is 4. The molecule has 1 aromatic carbocycles. The highest BCUT2D eigenvalue weighted by molar-refractivity contribution is 5.68. The Morgan fingerprint density at radius 1 is 1.57 bits per heavy atom. The third-order valence-corrected chi connectivity index (χ3v) is 1.62. The quantitative estimate of drug-likeness (QED) is 0.331. The number of allylic oxidation sites excluding steroid dienone is 1. The Kier molecular flexibility index (Phi) is 2.82. The molecule has 0 bridgehead atoms. The Bertz CT molecular complexity index is 432. The second-order valence-corrected chi connectivity index (χ2v) is 2.53. The van der Waals surface area contributed by atoms with Crippen LogP contribution in [0.2, 0.25) is 0 Å². The number of nitro groups is 1. The standard InChI is InChI=1S/C9H7N3O2/c10-5-1-2-7-6-8(12(13)14)3-4-9(7)11/h1-4,6H,11H2/b2-1+. The molecule has 0 aliphatic carbocycles. The first-order valence-electron chi connectivity index (χ1n) is 3.75. The first-order valence-corrected chi connectivity index (χ1v) is 3.75. The van der Waals surface area contributed by atoms with E-state index in [0.29, 0.717) is 11.3 Å². The van der Waals surface area contributed by atoms with Crippen LogP contribution in [0, 0.1) is 21.4 Å². The average Bonchev–Trinajstić information content (AvgIpc) is 2.16. The molecule has 0 saturated heterocycles. The van der Waals surface area contributed by atoms with Gasteiger partial charge in [0, 0.05) is 29.5 Å². The van der Waals surface area contributed by atoms with Crippen LogP contribution in [-0.4, -0.2) is 4.92 Å². The molecule has 0 heterocycles. The first kappa shape index (κ1) is 9.74. The van der Waals surface area contributed by atoms with Crippen molar-refractivity contribution in [1.82, 2.24) is 0 Å². The lowest BCUT2D eigenvalue weighted by atomic mass is 10.1. The number of nitrogen functional groups attached to an aromatic ring is 1. The molecular weight excluding hydrogens is 182 g/mol. The molecule has 5 heteroatoms. The van der Waals surface area contributed by atoms with Gasteiger partial charge in [0.05, 0.1) is 11.0 Å². The van der Waals surface area contributed by atoms with Crippen molar-refractivity contribution in [3.8, 4) is 6.07 Å². The van der Waals surface area contributed by atoms with E-state index in [0.717, 1.165) is 0 Å². The number of hydrogen-bond donors (Lipinski definition) is 1. The van der Waals surface area contributed by atoms with Crippen molar-refractivity contribution < 1.29 is 4.92 Å². The Balaban J connectivity index is 3.16. The maximum Gasteiger partial charge on any atom is 0.270 e. The monoisotopic (exact) mass is 189 g/mol. The number of anilines is 1. The number of nitrogens with zero attached hydrogens (tertiary/aromatic N) is 2. The van der Waals surface area contributed by atoms with Crippen LogP contribution in [0.5, 0.6) is 0 Å². The van der Waals surface area contributed by atoms with Gasteiger partial charge in [-0.05, 0) is 12.1 Å². The van der Waals surface area contributed by atoms with Crippen molar-refractivity contribution in [3.05, 3.63) is 40.0 Å². The number of non-ortho nitro benzene ring substituents is 1. The SMILES string of the molecule is N#C/C=C/c1cc([N+](=O)[O-])ccc1N. The van der Waals surface area contributed by atoms with E-state index in [-0.39, 0.29) is 5.69 Å². The van der Waals surface area contributed by atoms with Crippen LogP contribution in [0.25, 0.3) is 6.08 Å². The van der Waals surface area contributed by atoms with Crippen LogP contribution in [0.4, 0.5) is 11.4 Å². The summed E-state index contributed by atoms with van der Waals surface area (Å²) in [7, 11) is 0. The summed E-state index contributed by atoms with van der Waals surface area (Å²) >= 11 is 0. The second kappa shape index (κ2) is 4.05. The van der Waals surface area contributed by atoms with Gasteiger partial charge < -0.3 is 5.73 Å². The van der Waals surface area contributed by atoms with Gasteiger partial charge in [-0.3, -0.25) is 10.1 Å². The van der Waals surface area contributed by atoms with Gasteiger partial charge in [-0.25, -0.2) is 0 Å². The largest absolute Gasteiger partial charge is 0.398 e. The normalized spacial score (nSPS) is 9.93. The zero-order valence-corrected chi connectivity index (χ0v) is 7.18. The van der Waals surface area contributed by atoms with E-state index in [1.165, 1.54) is 30.4 Å². The first-order chi connectivity index (χ1) is 6.65. The van der Waals surface area contributed by atoms with Crippen LogP contribution in [-0.2, 0) is 0 Å². The molecule has 2 N–H and O–H groups in total. The van der Waals surface area contributed by atoms with E-state index >= 15 is 0 Å². The zero-order valence-electron chi connectivity index (χ0n) is 7.18. The summed E-state index contributed by atoms with van der Waals surface area (Å²) in [6.45, 7) is 0. The van der Waals surface area contributed by atoms with Gasteiger partial charge >= 0.3 is 0 Å². The third-order valence-electron chi connectivity index (χ3n) is 1.62. The highest BCUT2D eigenvalue weighted by atomic mass is 16.6. The van der Waals surface area contributed by atoms with E-state index in [4.69, 9.17) is 11.0 Å². The predicted molar refractivity (Wildman–Crippen MR) is 52.2 cm³/mol. The summed E-state index contributed by atoms with van der Waals surface area (Å²) < 4.78 is 0. The molecule has 0 fully saturated rings. The Morgan fingerprint density at radius 2 is 2.29 bits per heavy atom. The van der Waals surface area contributed by atoms with E-state index in [2.05, 4.69) is 0 Å². The topological polar surface area (TPSA) is 92.9 Å². The number of nitriles is 1. The molecule has 0 atom stereocenters. The Labute approximate surface area is 80.2 Å². The van der Waals surface area contributed by atoms with E-state index < -0.39 is 4.92 Å². The molecule has 14 heavy (non-hydrogen) atoms. The fourth-order valence-electron chi connectivity index (χ4n) is 0.947. The molecule has 0 unspecified atom stereocenters. The number of nitrogens with two attached hydrogens (primary N) is 1. The minimum Gasteiger partial charge on any atom is -0.398 e. The van der Waals surface area contributed by atoms with Crippen LogP contribution in [0.3, 0.4) is 0 Å². The molecule has 1 rings (SSSR count). The molecule has 0 radical (unpaired) electrons. The molecule has 0 amide bonds. The molecular formula is C9H7N3O2. The molecule has 0 aliphatic heterocycles. The van der Waals surface area contributed by atoms with Gasteiger partial charge in [-0.2, -0.15) is 5.26 Å². The third kappa shape index (κ3) is 2.08. The van der Waals surface area contributed by atoms with E-state index in [1.807, 2.05) is 0 Å². The summed E-state index contributed by atoms with van der Waals surface area (Å²) in [5.41, 5.74) is 6.38. The van der Waals surface area contributed by atoms with Crippen molar-refractivity contribution in [3.63, 3.8) is 0 Å². The molecule has 0 aromatic heterocycles. The lowest BCUT2D eigenvalue weighted by molar-refractivity contribution is -0.384. The number of nitro benzene ring substituents is 1. The highest BCUT2D eigenvalue weighted by Gasteiger charge is 2.06. The fourth-order valence-corrected chi connectivity index (χ4v) is 0.947. The number of benzene rings is 1. The molecule has 1 aromatic rings. The molecule has 70 valence electrons. The van der Waals surface area contributed by atoms with Crippen molar-refractivity contribution in [1.29, 1.82) is 5.26 Å². The highest BCUT2D eigenvalue weighted by Crippen LogP contribution is 2.20. The fraction of sp³-hybridized carbons (Fsp3) is 0. The average molecular weight is 189 g/mol. The van der Waals surface area contributed by atoms with E-state index in [1.54, 1.807) is 6.07 Å². The maximum absolute atomic E-state index is 10.4. The van der Waals surface area contributed by atoms with Crippen molar-refractivity contribution in [2.24, 2.45) is 0 Å². The van der Waals surface area contributed by atoms with Gasteiger partial charge in [-0.1, -0.05) is 0 Å². The minimum atomic E-state index is -0.511. The van der Waals surface area contributed by atoms with Gasteiger partial charge in [0.25, 0.3) is 5.69 Å². The van der Waals surface area contributed by atoms with Crippen LogP contribution >= 0.6 is 0 Å². The van der Waals surface area contributed by atoms with Crippen LogP contribution < -0.4 is 5.73 Å². The summed E-state index contributed by atoms with van der Waals surface area (Å²) in [5, 5.41) is 18.7. The summed E-state index contributed by atoms with van der Waals surface area (Å²) in [6.07, 6.45) is 2.65. The predicted octanol–water partition coefficient (Wildman–Crippen LogP) is 1.71. The number of rotatable bonds is 2. The van der Waals surface area contributed by atoms with Gasteiger partial charge in [0.1, 0.15) is 0 Å². The van der Waals surface area contributed by atoms with Crippen molar-refractivity contribution in [2.75, 3.05) is 5.73 Å². The smallest absolute Gasteiger partial charge is 0.270 e. The van der Waals surface area contributed by atoms with Gasteiger partial charge in [-0.15, -0.1) is 0 Å². The minimum absolute atomic E-state index is 0.0446. The molecule has 0 aliphatic rings. The summed E-state index contributed by atoms with van der Waals surface area (Å²) in [4.78, 5) is 9.90. The molecule has 0 saturated carbocycles. The Morgan fingerprint density at radius 3 is 2.86 bits per heavy atom. The summed E-state index contributed by atoms with van der Waals surface area (Å²) in [6, 6.07) is 5.87. The molecule has 0 spiro atoms. The van der Waals surface area contributed by atoms with Gasteiger partial charge in [0.15, 0.2) is 0 Å².